The largest absolute Gasteiger partial charge is 0.508 e. The number of carbonyl (C=O) groups excluding carboxylic acids is 1. The van der Waals surface area contributed by atoms with Crippen LogP contribution in [0.15, 0.2) is 60.7 Å². The summed E-state index contributed by atoms with van der Waals surface area (Å²) < 4.78 is 0. The zero-order valence-corrected chi connectivity index (χ0v) is 19.7. The number of nitrogens with zero attached hydrogens (tertiary/aromatic N) is 1. The van der Waals surface area contributed by atoms with E-state index in [-0.39, 0.29) is 5.92 Å². The van der Waals surface area contributed by atoms with Gasteiger partial charge in [-0.2, -0.15) is 0 Å². The fraction of sp³-hybridized carbons (Fsp3) is 0.387. The van der Waals surface area contributed by atoms with Gasteiger partial charge in [-0.25, -0.2) is 0 Å². The average molecular weight is 452 g/mol. The van der Waals surface area contributed by atoms with Gasteiger partial charge in [-0.15, -0.1) is 0 Å². The van der Waals surface area contributed by atoms with Gasteiger partial charge in [0.1, 0.15) is 12.0 Å². The van der Waals surface area contributed by atoms with Gasteiger partial charge in [-0.05, 0) is 109 Å². The number of aromatic hydroxyl groups is 1. The van der Waals surface area contributed by atoms with E-state index in [0.717, 1.165) is 45.1 Å². The van der Waals surface area contributed by atoms with E-state index in [4.69, 9.17) is 0 Å². The first-order valence-corrected chi connectivity index (χ1v) is 12.9. The van der Waals surface area contributed by atoms with Gasteiger partial charge >= 0.3 is 0 Å². The summed E-state index contributed by atoms with van der Waals surface area (Å²) in [5.74, 6) is 1.32. The van der Waals surface area contributed by atoms with Crippen LogP contribution in [0.4, 0.5) is 5.69 Å². The highest BCUT2D eigenvalue weighted by molar-refractivity contribution is 5.56. The molecule has 0 bridgehead atoms. The molecule has 0 spiro atoms. The minimum Gasteiger partial charge on any atom is -0.508 e. The van der Waals surface area contributed by atoms with Crippen molar-refractivity contribution in [2.45, 2.75) is 56.8 Å². The maximum absolute atomic E-state index is 11.1. The Morgan fingerprint density at radius 3 is 2.32 bits per heavy atom. The summed E-state index contributed by atoms with van der Waals surface area (Å²) in [6.07, 6.45) is 8.83. The summed E-state index contributed by atoms with van der Waals surface area (Å²) >= 11 is 0. The maximum Gasteiger partial charge on any atom is 0.123 e. The van der Waals surface area contributed by atoms with E-state index in [2.05, 4.69) is 53.4 Å². The molecular formula is C31H33NO2. The fourth-order valence-corrected chi connectivity index (χ4v) is 6.59. The molecule has 3 aromatic carbocycles. The molecule has 0 saturated carbocycles. The highest BCUT2D eigenvalue weighted by Crippen LogP contribution is 2.47. The van der Waals surface area contributed by atoms with Crippen LogP contribution in [0.25, 0.3) is 0 Å². The molecule has 2 atom stereocenters. The number of aldehydes is 1. The van der Waals surface area contributed by atoms with Gasteiger partial charge in [0.15, 0.2) is 0 Å². The minimum atomic E-state index is 0.221. The standard InChI is InChI=1S/C31H33NO2/c33-20-21-14-16-32(17-15-21)27-9-6-23(7-10-27)31-29(12-8-26-19-28(34)11-13-30(26)31)25-5-4-22-2-1-3-24(22)18-25/h4-7,9-11,13,18-21,29,31,34H,1-3,8,12,14-17H2/t29-,31+/m1/s1. The van der Waals surface area contributed by atoms with Crippen molar-refractivity contribution >= 4 is 12.0 Å². The van der Waals surface area contributed by atoms with E-state index in [1.807, 2.05) is 12.1 Å². The third-order valence-corrected chi connectivity index (χ3v) is 8.49. The van der Waals surface area contributed by atoms with E-state index in [1.165, 1.54) is 52.8 Å². The lowest BCUT2D eigenvalue weighted by molar-refractivity contribution is -0.111. The molecular weight excluding hydrogens is 418 g/mol. The summed E-state index contributed by atoms with van der Waals surface area (Å²) in [5, 5.41) is 10.1. The first-order valence-electron chi connectivity index (χ1n) is 12.9. The molecule has 1 heterocycles. The van der Waals surface area contributed by atoms with Crippen molar-refractivity contribution in [2.75, 3.05) is 18.0 Å². The first-order chi connectivity index (χ1) is 16.7. The van der Waals surface area contributed by atoms with Gasteiger partial charge in [0, 0.05) is 30.6 Å². The van der Waals surface area contributed by atoms with Crippen LogP contribution in [-0.4, -0.2) is 24.5 Å². The zero-order valence-electron chi connectivity index (χ0n) is 19.7. The highest BCUT2D eigenvalue weighted by Gasteiger charge is 2.33. The van der Waals surface area contributed by atoms with Crippen molar-refractivity contribution in [2.24, 2.45) is 5.92 Å². The zero-order chi connectivity index (χ0) is 23.1. The van der Waals surface area contributed by atoms with Crippen LogP contribution >= 0.6 is 0 Å². The summed E-state index contributed by atoms with van der Waals surface area (Å²) in [4.78, 5) is 13.5. The van der Waals surface area contributed by atoms with Crippen LogP contribution in [0.5, 0.6) is 5.75 Å². The number of anilines is 1. The number of piperidine rings is 1. The molecule has 3 nitrogen and oxygen atoms in total. The van der Waals surface area contributed by atoms with Gasteiger partial charge < -0.3 is 14.8 Å². The lowest BCUT2D eigenvalue weighted by atomic mass is 9.69. The summed E-state index contributed by atoms with van der Waals surface area (Å²) in [6.45, 7) is 1.90. The third-order valence-electron chi connectivity index (χ3n) is 8.49. The Bertz CT molecular complexity index is 1190. The average Bonchev–Trinajstić information content (AvgIpc) is 3.36. The molecule has 6 rings (SSSR count). The lowest BCUT2D eigenvalue weighted by Gasteiger charge is -2.36. The SMILES string of the molecule is O=CC1CCN(c2ccc([C@@H]3c4ccc(O)cc4CC[C@@H]3c3ccc4c(c3)CCC4)cc2)CC1. The van der Waals surface area contributed by atoms with Gasteiger partial charge in [-0.1, -0.05) is 36.4 Å². The predicted molar refractivity (Wildman–Crippen MR) is 137 cm³/mol. The van der Waals surface area contributed by atoms with Crippen molar-refractivity contribution in [3.8, 4) is 5.75 Å². The second-order valence-electron chi connectivity index (χ2n) is 10.4. The number of phenolic OH excluding ortho intramolecular Hbond substituents is 1. The van der Waals surface area contributed by atoms with Crippen LogP contribution in [0.3, 0.4) is 0 Å². The Hall–Kier alpha value is -3.07. The van der Waals surface area contributed by atoms with Gasteiger partial charge in [0.05, 0.1) is 0 Å². The van der Waals surface area contributed by atoms with E-state index >= 15 is 0 Å². The number of phenols is 1. The van der Waals surface area contributed by atoms with Gasteiger partial charge in [-0.3, -0.25) is 0 Å². The number of benzene rings is 3. The number of rotatable bonds is 4. The predicted octanol–water partition coefficient (Wildman–Crippen LogP) is 6.16. The molecule has 174 valence electrons. The minimum absolute atomic E-state index is 0.221. The fourth-order valence-electron chi connectivity index (χ4n) is 6.59. The molecule has 0 unspecified atom stereocenters. The molecule has 1 N–H and O–H groups in total. The van der Waals surface area contributed by atoms with E-state index in [1.54, 1.807) is 5.56 Å². The normalized spacial score (nSPS) is 22.3. The van der Waals surface area contributed by atoms with Gasteiger partial charge in [0.25, 0.3) is 0 Å². The number of hydrogen-bond acceptors (Lipinski definition) is 3. The second kappa shape index (κ2) is 8.94. The Morgan fingerprint density at radius 2 is 1.53 bits per heavy atom. The Balaban J connectivity index is 1.34. The molecule has 2 aliphatic carbocycles. The number of hydrogen-bond donors (Lipinski definition) is 1. The molecule has 0 aromatic heterocycles. The smallest absolute Gasteiger partial charge is 0.123 e. The van der Waals surface area contributed by atoms with Crippen LogP contribution in [-0.2, 0) is 24.1 Å². The number of carbonyl (C=O) groups is 1. The quantitative estimate of drug-likeness (QED) is 0.483. The van der Waals surface area contributed by atoms with Crippen LogP contribution in [0, 0.1) is 5.92 Å². The molecule has 34 heavy (non-hydrogen) atoms. The Morgan fingerprint density at radius 1 is 0.765 bits per heavy atom. The van der Waals surface area contributed by atoms with E-state index < -0.39 is 0 Å². The molecule has 0 radical (unpaired) electrons. The van der Waals surface area contributed by atoms with E-state index in [0.29, 0.717) is 17.6 Å². The highest BCUT2D eigenvalue weighted by atomic mass is 16.3. The Labute approximate surface area is 202 Å². The molecule has 1 aliphatic heterocycles. The maximum atomic E-state index is 11.1. The van der Waals surface area contributed by atoms with Crippen LogP contribution < -0.4 is 4.90 Å². The third kappa shape index (κ3) is 3.91. The van der Waals surface area contributed by atoms with Gasteiger partial charge in [0.2, 0.25) is 0 Å². The number of aryl methyl sites for hydroxylation is 3. The monoisotopic (exact) mass is 451 g/mol. The molecule has 1 fully saturated rings. The van der Waals surface area contributed by atoms with Crippen LogP contribution in [0.1, 0.15) is 70.9 Å². The molecule has 1 saturated heterocycles. The Kier molecular flexibility index (Phi) is 5.64. The lowest BCUT2D eigenvalue weighted by Crippen LogP contribution is -2.34. The van der Waals surface area contributed by atoms with Crippen molar-refractivity contribution < 1.29 is 9.90 Å². The molecule has 3 aliphatic rings. The van der Waals surface area contributed by atoms with Crippen molar-refractivity contribution in [1.82, 2.24) is 0 Å². The molecule has 3 aromatic rings. The van der Waals surface area contributed by atoms with Crippen molar-refractivity contribution in [3.63, 3.8) is 0 Å². The van der Waals surface area contributed by atoms with Crippen LogP contribution in [0.2, 0.25) is 0 Å². The second-order valence-corrected chi connectivity index (χ2v) is 10.4. The van der Waals surface area contributed by atoms with E-state index in [9.17, 15) is 9.90 Å². The number of fused-ring (bicyclic) bond motifs is 2. The summed E-state index contributed by atoms with van der Waals surface area (Å²) in [7, 11) is 0. The van der Waals surface area contributed by atoms with Crippen molar-refractivity contribution in [3.05, 3.63) is 94.0 Å². The first kappa shape index (κ1) is 21.5. The molecule has 0 amide bonds. The topological polar surface area (TPSA) is 40.5 Å². The molecule has 3 heteroatoms. The van der Waals surface area contributed by atoms with Crippen molar-refractivity contribution in [1.29, 1.82) is 0 Å². The summed E-state index contributed by atoms with van der Waals surface area (Å²) in [6, 6.07) is 22.4. The summed E-state index contributed by atoms with van der Waals surface area (Å²) in [5.41, 5.74) is 9.78.